The van der Waals surface area contributed by atoms with E-state index in [-0.39, 0.29) is 42.3 Å². The van der Waals surface area contributed by atoms with E-state index >= 15 is 0 Å². The third-order valence-electron chi connectivity index (χ3n) is 2.42. The summed E-state index contributed by atoms with van der Waals surface area (Å²) in [6, 6.07) is 5.11. The summed E-state index contributed by atoms with van der Waals surface area (Å²) in [5, 5.41) is 6.26. The monoisotopic (exact) mass is 491 g/mol. The lowest BCUT2D eigenvalue weighted by atomic mass is 10.2. The van der Waals surface area contributed by atoms with Gasteiger partial charge in [0.25, 0.3) is 0 Å². The molecule has 0 heterocycles. The molecular weight excluding hydrogens is 471 g/mol. The molecule has 0 bridgehead atoms. The molecule has 0 aromatic heterocycles. The van der Waals surface area contributed by atoms with Gasteiger partial charge in [0.05, 0.1) is 6.54 Å². The zero-order valence-corrected chi connectivity index (χ0v) is 16.6. The van der Waals surface area contributed by atoms with Crippen molar-refractivity contribution in [2.24, 2.45) is 4.99 Å². The van der Waals surface area contributed by atoms with Crippen molar-refractivity contribution in [2.75, 3.05) is 6.54 Å². The average molecular weight is 492 g/mol. The minimum Gasteiger partial charge on any atom is -0.434 e. The van der Waals surface area contributed by atoms with E-state index in [2.05, 4.69) is 36.3 Å². The van der Waals surface area contributed by atoms with Crippen LogP contribution in [0.3, 0.4) is 0 Å². The maximum absolute atomic E-state index is 12.4. The molecule has 0 unspecified atom stereocenters. The molecule has 0 radical (unpaired) electrons. The highest BCUT2D eigenvalue weighted by Gasteiger charge is 2.10. The molecule has 0 aliphatic carbocycles. The lowest BCUT2D eigenvalue weighted by Crippen LogP contribution is -2.41. The molecule has 0 saturated carbocycles. The van der Waals surface area contributed by atoms with Gasteiger partial charge in [-0.1, -0.05) is 15.9 Å². The minimum absolute atomic E-state index is 0. The van der Waals surface area contributed by atoms with Gasteiger partial charge >= 0.3 is 6.61 Å². The van der Waals surface area contributed by atoms with Gasteiger partial charge in [-0.2, -0.15) is 8.78 Å². The molecule has 0 fully saturated rings. The van der Waals surface area contributed by atoms with Gasteiger partial charge in [-0.3, -0.25) is 0 Å². The van der Waals surface area contributed by atoms with E-state index in [1.807, 2.05) is 20.8 Å². The Morgan fingerprint density at radius 1 is 1.36 bits per heavy atom. The first-order valence-electron chi connectivity index (χ1n) is 6.70. The normalized spacial score (nSPS) is 11.4. The van der Waals surface area contributed by atoms with E-state index in [0.717, 1.165) is 11.0 Å². The molecule has 0 saturated heterocycles. The number of hydrogen-bond donors (Lipinski definition) is 2. The summed E-state index contributed by atoms with van der Waals surface area (Å²) in [6.07, 6.45) is 0. The predicted octanol–water partition coefficient (Wildman–Crippen LogP) is 4.13. The summed E-state index contributed by atoms with van der Waals surface area (Å²) in [6.45, 7) is 4.06. The van der Waals surface area contributed by atoms with E-state index in [4.69, 9.17) is 0 Å². The van der Waals surface area contributed by atoms with Gasteiger partial charge in [0.1, 0.15) is 5.75 Å². The third-order valence-corrected chi connectivity index (χ3v) is 2.91. The molecule has 1 rings (SSSR count). The van der Waals surface area contributed by atoms with E-state index < -0.39 is 6.61 Å². The fourth-order valence-corrected chi connectivity index (χ4v) is 2.05. The number of alkyl halides is 2. The van der Waals surface area contributed by atoms with Crippen LogP contribution in [0.5, 0.6) is 5.75 Å². The molecule has 0 aliphatic heterocycles. The second-order valence-corrected chi connectivity index (χ2v) is 5.54. The molecule has 2 N–H and O–H groups in total. The van der Waals surface area contributed by atoms with Crippen LogP contribution in [0.2, 0.25) is 0 Å². The SMILES string of the molecule is CCNC(=NCc1cc(Br)ccc1OC(F)F)NC(C)C.I. The zero-order chi connectivity index (χ0) is 15.8. The van der Waals surface area contributed by atoms with E-state index in [1.54, 1.807) is 12.1 Å². The Morgan fingerprint density at radius 3 is 2.59 bits per heavy atom. The van der Waals surface area contributed by atoms with Crippen LogP contribution in [0.25, 0.3) is 0 Å². The number of benzene rings is 1. The second kappa shape index (κ2) is 11.0. The molecule has 0 atom stereocenters. The van der Waals surface area contributed by atoms with Gasteiger partial charge < -0.3 is 15.4 Å². The quantitative estimate of drug-likeness (QED) is 0.357. The van der Waals surface area contributed by atoms with Gasteiger partial charge in [0.15, 0.2) is 5.96 Å². The predicted molar refractivity (Wildman–Crippen MR) is 99.3 cm³/mol. The highest BCUT2D eigenvalue weighted by atomic mass is 127. The molecule has 0 amide bonds. The number of halogens is 4. The van der Waals surface area contributed by atoms with E-state index in [9.17, 15) is 8.78 Å². The maximum atomic E-state index is 12.4. The number of nitrogens with one attached hydrogen (secondary N) is 2. The smallest absolute Gasteiger partial charge is 0.387 e. The Bertz CT molecular complexity index is 487. The van der Waals surface area contributed by atoms with Crippen molar-refractivity contribution in [2.45, 2.75) is 40.0 Å². The topological polar surface area (TPSA) is 45.7 Å². The molecule has 4 nitrogen and oxygen atoms in total. The minimum atomic E-state index is -2.85. The molecule has 126 valence electrons. The molecule has 8 heteroatoms. The summed E-state index contributed by atoms with van der Waals surface area (Å²) in [4.78, 5) is 4.38. The molecule has 1 aromatic rings. The van der Waals surface area contributed by atoms with Crippen molar-refractivity contribution in [3.8, 4) is 5.75 Å². The number of rotatable bonds is 6. The number of aliphatic imine (C=N–C) groups is 1. The third kappa shape index (κ3) is 8.11. The van der Waals surface area contributed by atoms with Gasteiger partial charge in [-0.15, -0.1) is 24.0 Å². The van der Waals surface area contributed by atoms with Crippen LogP contribution >= 0.6 is 39.9 Å². The van der Waals surface area contributed by atoms with Gasteiger partial charge in [0.2, 0.25) is 0 Å². The van der Waals surface area contributed by atoms with Crippen molar-refractivity contribution < 1.29 is 13.5 Å². The Kier molecular flexibility index (Phi) is 10.7. The lowest BCUT2D eigenvalue weighted by Gasteiger charge is -2.15. The Labute approximate surface area is 155 Å². The van der Waals surface area contributed by atoms with Crippen LogP contribution in [0.4, 0.5) is 8.78 Å². The van der Waals surface area contributed by atoms with Crippen molar-refractivity contribution in [3.05, 3.63) is 28.2 Å². The summed E-state index contributed by atoms with van der Waals surface area (Å²) in [5.74, 6) is 0.771. The zero-order valence-electron chi connectivity index (χ0n) is 12.7. The van der Waals surface area contributed by atoms with E-state index in [0.29, 0.717) is 11.5 Å². The summed E-state index contributed by atoms with van der Waals surface area (Å²) >= 11 is 3.32. The summed E-state index contributed by atoms with van der Waals surface area (Å²) in [7, 11) is 0. The highest BCUT2D eigenvalue weighted by molar-refractivity contribution is 14.0. The standard InChI is InChI=1S/C14H20BrF2N3O.HI/c1-4-18-14(20-9(2)3)19-8-10-7-11(15)5-6-12(10)21-13(16)17;/h5-7,9,13H,4,8H2,1-3H3,(H2,18,19,20);1H. The molecule has 22 heavy (non-hydrogen) atoms. The largest absolute Gasteiger partial charge is 0.434 e. The van der Waals surface area contributed by atoms with Crippen molar-refractivity contribution >= 4 is 45.9 Å². The first-order valence-corrected chi connectivity index (χ1v) is 7.49. The molecule has 0 spiro atoms. The average Bonchev–Trinajstić information content (AvgIpc) is 2.38. The van der Waals surface area contributed by atoms with Crippen molar-refractivity contribution in [1.29, 1.82) is 0 Å². The van der Waals surface area contributed by atoms with Crippen LogP contribution in [0.15, 0.2) is 27.7 Å². The van der Waals surface area contributed by atoms with Gasteiger partial charge in [-0.25, -0.2) is 4.99 Å². The van der Waals surface area contributed by atoms with Crippen molar-refractivity contribution in [1.82, 2.24) is 10.6 Å². The number of hydrogen-bond acceptors (Lipinski definition) is 2. The van der Waals surface area contributed by atoms with Crippen LogP contribution in [0, 0.1) is 0 Å². The number of nitrogens with zero attached hydrogens (tertiary/aromatic N) is 1. The first-order chi connectivity index (χ1) is 9.92. The summed E-state index contributed by atoms with van der Waals surface area (Å²) < 4.78 is 30.1. The first kappa shape index (κ1) is 21.4. The fraction of sp³-hybridized carbons (Fsp3) is 0.500. The Hall–Kier alpha value is -0.640. The van der Waals surface area contributed by atoms with Crippen LogP contribution in [-0.2, 0) is 6.54 Å². The molecule has 1 aromatic carbocycles. The Balaban J connectivity index is 0.00000441. The second-order valence-electron chi connectivity index (χ2n) is 4.62. The maximum Gasteiger partial charge on any atom is 0.387 e. The van der Waals surface area contributed by atoms with Crippen LogP contribution in [0.1, 0.15) is 26.3 Å². The fourth-order valence-electron chi connectivity index (χ4n) is 1.64. The number of guanidine groups is 1. The lowest BCUT2D eigenvalue weighted by molar-refractivity contribution is -0.0504. The van der Waals surface area contributed by atoms with Gasteiger partial charge in [-0.05, 0) is 39.0 Å². The molecular formula is C14H21BrF2IN3O. The Morgan fingerprint density at radius 2 is 2.05 bits per heavy atom. The summed E-state index contributed by atoms with van der Waals surface area (Å²) in [5.41, 5.74) is 0.589. The van der Waals surface area contributed by atoms with Crippen molar-refractivity contribution in [3.63, 3.8) is 0 Å². The van der Waals surface area contributed by atoms with Crippen LogP contribution in [-0.4, -0.2) is 25.2 Å². The number of ether oxygens (including phenoxy) is 1. The van der Waals surface area contributed by atoms with E-state index in [1.165, 1.54) is 6.07 Å². The highest BCUT2D eigenvalue weighted by Crippen LogP contribution is 2.25. The van der Waals surface area contributed by atoms with Gasteiger partial charge in [0, 0.05) is 22.6 Å². The molecule has 0 aliphatic rings. The van der Waals surface area contributed by atoms with Crippen LogP contribution < -0.4 is 15.4 Å².